The fourth-order valence-corrected chi connectivity index (χ4v) is 6.96. The minimum Gasteiger partial charge on any atom is -0.481 e. The highest BCUT2D eigenvalue weighted by atomic mass is 32.2. The Labute approximate surface area is 282 Å². The normalized spacial score (nSPS) is 16.0. The van der Waals surface area contributed by atoms with Gasteiger partial charge in [0, 0.05) is 17.3 Å². The van der Waals surface area contributed by atoms with Crippen LogP contribution in [-0.4, -0.2) is 48.4 Å². The van der Waals surface area contributed by atoms with Crippen LogP contribution in [0.5, 0.6) is 0 Å². The van der Waals surface area contributed by atoms with Gasteiger partial charge in [-0.15, -0.1) is 0 Å². The summed E-state index contributed by atoms with van der Waals surface area (Å²) in [5.74, 6) is -4.49. The number of carbonyl (C=O) groups is 4. The molecule has 0 spiro atoms. The molecule has 0 saturated heterocycles. The number of halogens is 1. The summed E-state index contributed by atoms with van der Waals surface area (Å²) < 4.78 is 43.0. The number of hydrogen-bond donors (Lipinski definition) is 5. The van der Waals surface area contributed by atoms with Crippen LogP contribution in [0.3, 0.4) is 0 Å². The lowest BCUT2D eigenvalue weighted by molar-refractivity contribution is -0.142. The van der Waals surface area contributed by atoms with E-state index in [9.17, 15) is 37.1 Å². The molecule has 1 saturated carbocycles. The molecule has 1 aliphatic carbocycles. The van der Waals surface area contributed by atoms with Crippen LogP contribution in [0.2, 0.25) is 0 Å². The molecule has 1 aliphatic rings. The van der Waals surface area contributed by atoms with Crippen LogP contribution in [0, 0.1) is 11.7 Å². The zero-order chi connectivity index (χ0) is 35.1. The molecule has 254 valence electrons. The maximum absolute atomic E-state index is 14.3. The molecular formula is C36H34FN3O8S. The number of amides is 2. The molecule has 13 heteroatoms. The van der Waals surface area contributed by atoms with Crippen molar-refractivity contribution >= 4 is 45.2 Å². The fourth-order valence-electron chi connectivity index (χ4n) is 5.61. The molecule has 0 bridgehead atoms. The molecule has 4 aromatic rings. The number of carboxylic acids is 2. The van der Waals surface area contributed by atoms with Crippen molar-refractivity contribution in [3.05, 3.63) is 125 Å². The predicted octanol–water partition coefficient (Wildman–Crippen LogP) is 5.74. The van der Waals surface area contributed by atoms with E-state index in [0.717, 1.165) is 23.3 Å². The number of rotatable bonds is 12. The van der Waals surface area contributed by atoms with Gasteiger partial charge in [0.15, 0.2) is 0 Å². The van der Waals surface area contributed by atoms with E-state index in [0.29, 0.717) is 44.2 Å². The van der Waals surface area contributed by atoms with Crippen molar-refractivity contribution < 1.29 is 42.2 Å². The lowest BCUT2D eigenvalue weighted by atomic mass is 9.87. The SMILES string of the molecule is O=C(O)c1ccc(CCc2ccc(NC(=O)c3cc(F)ccc3NC(=O)c3cccc(S(=O)(=O)NC4CCC(C(=O)O)CC4)c3)cc2)cc1. The van der Waals surface area contributed by atoms with Crippen LogP contribution in [0.25, 0.3) is 0 Å². The van der Waals surface area contributed by atoms with Gasteiger partial charge >= 0.3 is 11.9 Å². The van der Waals surface area contributed by atoms with Crippen molar-refractivity contribution in [3.63, 3.8) is 0 Å². The van der Waals surface area contributed by atoms with Crippen molar-refractivity contribution in [3.8, 4) is 0 Å². The maximum atomic E-state index is 14.3. The number of nitrogens with one attached hydrogen (secondary N) is 3. The zero-order valence-electron chi connectivity index (χ0n) is 26.2. The van der Waals surface area contributed by atoms with Crippen LogP contribution < -0.4 is 15.4 Å². The van der Waals surface area contributed by atoms with Gasteiger partial charge in [-0.1, -0.05) is 30.3 Å². The van der Waals surface area contributed by atoms with E-state index in [1.165, 1.54) is 30.3 Å². The Morgan fingerprint density at radius 1 is 0.714 bits per heavy atom. The third-order valence-corrected chi connectivity index (χ3v) is 9.91. The molecule has 11 nitrogen and oxygen atoms in total. The van der Waals surface area contributed by atoms with E-state index in [1.54, 1.807) is 36.4 Å². The maximum Gasteiger partial charge on any atom is 0.335 e. The van der Waals surface area contributed by atoms with Crippen molar-refractivity contribution in [2.45, 2.75) is 49.5 Å². The van der Waals surface area contributed by atoms with Gasteiger partial charge in [-0.2, -0.15) is 0 Å². The lowest BCUT2D eigenvalue weighted by Crippen LogP contribution is -2.38. The molecule has 4 aromatic carbocycles. The van der Waals surface area contributed by atoms with Gasteiger partial charge in [-0.05, 0) is 110 Å². The van der Waals surface area contributed by atoms with Crippen LogP contribution in [0.1, 0.15) is 67.9 Å². The van der Waals surface area contributed by atoms with E-state index >= 15 is 0 Å². The molecule has 5 rings (SSSR count). The molecule has 1 fully saturated rings. The summed E-state index contributed by atoms with van der Waals surface area (Å²) in [4.78, 5) is 48.5. The number of aliphatic carboxylic acids is 1. The van der Waals surface area contributed by atoms with Gasteiger partial charge in [-0.25, -0.2) is 22.3 Å². The summed E-state index contributed by atoms with van der Waals surface area (Å²) in [6, 6.07) is 21.9. The summed E-state index contributed by atoms with van der Waals surface area (Å²) in [5.41, 5.74) is 2.45. The summed E-state index contributed by atoms with van der Waals surface area (Å²) in [6.45, 7) is 0. The number of benzene rings is 4. The summed E-state index contributed by atoms with van der Waals surface area (Å²) >= 11 is 0. The third kappa shape index (κ3) is 9.15. The first-order chi connectivity index (χ1) is 23.4. The fraction of sp³-hybridized carbons (Fsp3) is 0.222. The highest BCUT2D eigenvalue weighted by Gasteiger charge is 2.29. The average molecular weight is 688 g/mol. The first-order valence-electron chi connectivity index (χ1n) is 15.6. The molecule has 0 heterocycles. The quantitative estimate of drug-likeness (QED) is 0.125. The molecule has 2 amide bonds. The van der Waals surface area contributed by atoms with Crippen LogP contribution >= 0.6 is 0 Å². The number of carboxylic acid groups (broad SMARTS) is 2. The topological polar surface area (TPSA) is 179 Å². The van der Waals surface area contributed by atoms with Gasteiger partial charge in [-0.3, -0.25) is 14.4 Å². The number of sulfonamides is 1. The van der Waals surface area contributed by atoms with Crippen molar-refractivity contribution in [1.82, 2.24) is 4.72 Å². The Bertz CT molecular complexity index is 1970. The highest BCUT2D eigenvalue weighted by Crippen LogP contribution is 2.26. The summed E-state index contributed by atoms with van der Waals surface area (Å²) in [5, 5.41) is 23.5. The van der Waals surface area contributed by atoms with Gasteiger partial charge in [0.05, 0.1) is 27.6 Å². The van der Waals surface area contributed by atoms with E-state index in [-0.39, 0.29) is 27.3 Å². The largest absolute Gasteiger partial charge is 0.481 e. The molecule has 49 heavy (non-hydrogen) atoms. The van der Waals surface area contributed by atoms with Crippen LogP contribution in [0.4, 0.5) is 15.8 Å². The van der Waals surface area contributed by atoms with Gasteiger partial charge in [0.2, 0.25) is 10.0 Å². The van der Waals surface area contributed by atoms with Crippen LogP contribution in [0.15, 0.2) is 95.9 Å². The predicted molar refractivity (Wildman–Crippen MR) is 180 cm³/mol. The number of aryl methyl sites for hydroxylation is 2. The standard InChI is InChI=1S/C36H34FN3O8S/c37-27-14-19-32(39-33(41)26-2-1-3-30(20-26)49(47,48)40-29-17-12-25(13-18-29)36(45)46)31(21-27)34(42)38-28-15-8-23(9-16-28)5-4-22-6-10-24(11-7-22)35(43)44/h1-3,6-11,14-16,19-21,25,29,40H,4-5,12-13,17-18H2,(H,38,42)(H,39,41)(H,43,44)(H,45,46). The van der Waals surface area contributed by atoms with Gasteiger partial charge < -0.3 is 20.8 Å². The van der Waals surface area contributed by atoms with E-state index in [1.807, 2.05) is 12.1 Å². The summed E-state index contributed by atoms with van der Waals surface area (Å²) in [6.07, 6.45) is 2.83. The number of aromatic carboxylic acids is 1. The van der Waals surface area contributed by atoms with Crippen LogP contribution in [-0.2, 0) is 27.7 Å². The second-order valence-electron chi connectivity index (χ2n) is 11.8. The minimum atomic E-state index is -4.02. The average Bonchev–Trinajstić information content (AvgIpc) is 3.09. The molecule has 0 aliphatic heterocycles. The lowest BCUT2D eigenvalue weighted by Gasteiger charge is -2.26. The smallest absolute Gasteiger partial charge is 0.335 e. The van der Waals surface area contributed by atoms with Crippen molar-refractivity contribution in [1.29, 1.82) is 0 Å². The highest BCUT2D eigenvalue weighted by molar-refractivity contribution is 7.89. The number of carbonyl (C=O) groups excluding carboxylic acids is 2. The minimum absolute atomic E-state index is 0.0102. The Morgan fingerprint density at radius 2 is 1.35 bits per heavy atom. The van der Waals surface area contributed by atoms with E-state index in [4.69, 9.17) is 5.11 Å². The second kappa shape index (κ2) is 15.2. The Morgan fingerprint density at radius 3 is 1.96 bits per heavy atom. The first kappa shape index (κ1) is 34.9. The second-order valence-corrected chi connectivity index (χ2v) is 13.5. The Hall–Kier alpha value is -5.40. The van der Waals surface area contributed by atoms with E-state index in [2.05, 4.69) is 15.4 Å². The first-order valence-corrected chi connectivity index (χ1v) is 17.0. The zero-order valence-corrected chi connectivity index (χ0v) is 27.0. The molecule has 5 N–H and O–H groups in total. The van der Waals surface area contributed by atoms with Crippen molar-refractivity contribution in [2.75, 3.05) is 10.6 Å². The Balaban J connectivity index is 1.22. The van der Waals surface area contributed by atoms with E-state index < -0.39 is 51.6 Å². The van der Waals surface area contributed by atoms with Gasteiger partial charge in [0.25, 0.3) is 11.8 Å². The molecule has 0 aromatic heterocycles. The summed E-state index contributed by atoms with van der Waals surface area (Å²) in [7, 11) is -4.02. The number of anilines is 2. The number of hydrogen-bond acceptors (Lipinski definition) is 6. The molecular weight excluding hydrogens is 653 g/mol. The van der Waals surface area contributed by atoms with Crippen molar-refractivity contribution in [2.24, 2.45) is 5.92 Å². The Kier molecular flexibility index (Phi) is 10.8. The molecule has 0 radical (unpaired) electrons. The monoisotopic (exact) mass is 687 g/mol. The third-order valence-electron chi connectivity index (χ3n) is 8.39. The molecule has 0 unspecified atom stereocenters. The van der Waals surface area contributed by atoms with Gasteiger partial charge in [0.1, 0.15) is 5.82 Å². The molecule has 0 atom stereocenters.